The first kappa shape index (κ1) is 15.3. The molecule has 3 rings (SSSR count). The molecule has 5 nitrogen and oxygen atoms in total. The van der Waals surface area contributed by atoms with Crippen molar-refractivity contribution in [1.82, 2.24) is 19.9 Å². The lowest BCUT2D eigenvalue weighted by atomic mass is 9.78. The average Bonchev–Trinajstić information content (AvgIpc) is 3.10. The van der Waals surface area contributed by atoms with Crippen LogP contribution in [0.3, 0.4) is 0 Å². The van der Waals surface area contributed by atoms with Gasteiger partial charge in [0.25, 0.3) is 5.89 Å². The maximum absolute atomic E-state index is 6.30. The Morgan fingerprint density at radius 1 is 1.32 bits per heavy atom. The number of nitrogens with zero attached hydrogens (tertiary/aromatic N) is 4. The highest BCUT2D eigenvalue weighted by Gasteiger charge is 2.32. The molecule has 0 N–H and O–H groups in total. The standard InChI is InChI=1S/C16H21ClN4O/c1-10-12(17)13(19-21(10)4)14-18-15(20-22-14)16(2,3)11-8-6-5-7-9-11/h8H,5-7,9H2,1-4H3. The zero-order valence-electron chi connectivity index (χ0n) is 13.5. The summed E-state index contributed by atoms with van der Waals surface area (Å²) in [6.07, 6.45) is 7.04. The topological polar surface area (TPSA) is 56.7 Å². The molecule has 118 valence electrons. The Morgan fingerprint density at radius 3 is 2.68 bits per heavy atom. The predicted molar refractivity (Wildman–Crippen MR) is 85.8 cm³/mol. The van der Waals surface area contributed by atoms with Gasteiger partial charge in [-0.15, -0.1) is 0 Å². The highest BCUT2D eigenvalue weighted by molar-refractivity contribution is 6.33. The molecule has 2 aromatic rings. The van der Waals surface area contributed by atoms with Gasteiger partial charge in [0, 0.05) is 12.5 Å². The van der Waals surface area contributed by atoms with E-state index in [-0.39, 0.29) is 5.41 Å². The second-order valence-electron chi connectivity index (χ2n) is 6.39. The number of halogens is 1. The first-order valence-corrected chi connectivity index (χ1v) is 8.02. The molecule has 0 bridgehead atoms. The van der Waals surface area contributed by atoms with Crippen LogP contribution >= 0.6 is 11.6 Å². The fourth-order valence-corrected chi connectivity index (χ4v) is 3.08. The van der Waals surface area contributed by atoms with Crippen molar-refractivity contribution >= 4 is 11.6 Å². The average molecular weight is 321 g/mol. The van der Waals surface area contributed by atoms with Crippen molar-refractivity contribution < 1.29 is 4.52 Å². The van der Waals surface area contributed by atoms with Gasteiger partial charge in [0.1, 0.15) is 0 Å². The van der Waals surface area contributed by atoms with Crippen molar-refractivity contribution in [3.05, 3.63) is 28.2 Å². The van der Waals surface area contributed by atoms with Crippen LogP contribution in [0, 0.1) is 6.92 Å². The Morgan fingerprint density at radius 2 is 2.09 bits per heavy atom. The van der Waals surface area contributed by atoms with Crippen molar-refractivity contribution in [3.8, 4) is 11.6 Å². The lowest BCUT2D eigenvalue weighted by molar-refractivity contribution is 0.401. The van der Waals surface area contributed by atoms with Crippen molar-refractivity contribution in [1.29, 1.82) is 0 Å². The van der Waals surface area contributed by atoms with Crippen LogP contribution in [-0.2, 0) is 12.5 Å². The van der Waals surface area contributed by atoms with Crippen LogP contribution in [0.1, 0.15) is 51.0 Å². The van der Waals surface area contributed by atoms with Crippen LogP contribution in [0.4, 0.5) is 0 Å². The Hall–Kier alpha value is -1.62. The molecule has 0 fully saturated rings. The zero-order valence-corrected chi connectivity index (χ0v) is 14.2. The molecule has 22 heavy (non-hydrogen) atoms. The van der Waals surface area contributed by atoms with Gasteiger partial charge in [-0.2, -0.15) is 10.1 Å². The van der Waals surface area contributed by atoms with E-state index < -0.39 is 0 Å². The third-order valence-electron chi connectivity index (χ3n) is 4.54. The molecule has 1 aliphatic rings. The zero-order chi connectivity index (χ0) is 15.9. The van der Waals surface area contributed by atoms with Crippen molar-refractivity contribution in [2.24, 2.45) is 7.05 Å². The fourth-order valence-electron chi connectivity index (χ4n) is 2.84. The molecular weight excluding hydrogens is 300 g/mol. The van der Waals surface area contributed by atoms with Crippen LogP contribution in [0.15, 0.2) is 16.2 Å². The van der Waals surface area contributed by atoms with Crippen molar-refractivity contribution in [2.75, 3.05) is 0 Å². The summed E-state index contributed by atoms with van der Waals surface area (Å²) in [5.74, 6) is 1.07. The Balaban J connectivity index is 1.96. The molecule has 0 saturated carbocycles. The predicted octanol–water partition coefficient (Wildman–Crippen LogP) is 4.21. The summed E-state index contributed by atoms with van der Waals surface area (Å²) in [6, 6.07) is 0. The number of aryl methyl sites for hydroxylation is 1. The molecule has 0 saturated heterocycles. The summed E-state index contributed by atoms with van der Waals surface area (Å²) >= 11 is 6.30. The number of rotatable bonds is 3. The molecule has 0 aliphatic heterocycles. The SMILES string of the molecule is Cc1c(Cl)c(-c2nc(C(C)(C)C3=CCCCC3)no2)nn1C. The van der Waals surface area contributed by atoms with Gasteiger partial charge in [-0.25, -0.2) is 0 Å². The van der Waals surface area contributed by atoms with Gasteiger partial charge in [-0.3, -0.25) is 4.68 Å². The summed E-state index contributed by atoms with van der Waals surface area (Å²) < 4.78 is 7.15. The highest BCUT2D eigenvalue weighted by atomic mass is 35.5. The number of aromatic nitrogens is 4. The molecule has 1 aliphatic carbocycles. The first-order valence-electron chi connectivity index (χ1n) is 7.64. The quantitative estimate of drug-likeness (QED) is 0.795. The Labute approximate surface area is 135 Å². The molecule has 0 atom stereocenters. The molecule has 0 amide bonds. The lowest BCUT2D eigenvalue weighted by Gasteiger charge is -2.27. The largest absolute Gasteiger partial charge is 0.332 e. The molecule has 0 spiro atoms. The second kappa shape index (κ2) is 5.54. The third kappa shape index (κ3) is 2.47. The van der Waals surface area contributed by atoms with E-state index in [1.54, 1.807) is 4.68 Å². The molecular formula is C16H21ClN4O. The number of allylic oxidation sites excluding steroid dienone is 2. The minimum atomic E-state index is -0.224. The van der Waals surface area contributed by atoms with Gasteiger partial charge >= 0.3 is 0 Å². The Bertz CT molecular complexity index is 727. The molecule has 0 aromatic carbocycles. The van der Waals surface area contributed by atoms with Crippen LogP contribution < -0.4 is 0 Å². The van der Waals surface area contributed by atoms with Gasteiger partial charge in [0.15, 0.2) is 11.5 Å². The van der Waals surface area contributed by atoms with E-state index in [2.05, 4.69) is 35.2 Å². The molecule has 2 aromatic heterocycles. The normalized spacial score (nSPS) is 16.0. The maximum Gasteiger partial charge on any atom is 0.280 e. The van der Waals surface area contributed by atoms with Crippen molar-refractivity contribution in [3.63, 3.8) is 0 Å². The monoisotopic (exact) mass is 320 g/mol. The van der Waals surface area contributed by atoms with Crippen LogP contribution in [0.5, 0.6) is 0 Å². The summed E-state index contributed by atoms with van der Waals surface area (Å²) in [4.78, 5) is 4.56. The van der Waals surface area contributed by atoms with Crippen LogP contribution in [-0.4, -0.2) is 19.9 Å². The Kier molecular flexibility index (Phi) is 3.85. The van der Waals surface area contributed by atoms with E-state index >= 15 is 0 Å². The van der Waals surface area contributed by atoms with Crippen LogP contribution in [0.2, 0.25) is 5.02 Å². The third-order valence-corrected chi connectivity index (χ3v) is 4.99. The van der Waals surface area contributed by atoms with Gasteiger partial charge in [-0.05, 0) is 46.5 Å². The van der Waals surface area contributed by atoms with E-state index in [4.69, 9.17) is 16.1 Å². The molecule has 6 heteroatoms. The van der Waals surface area contributed by atoms with Crippen LogP contribution in [0.25, 0.3) is 11.6 Å². The molecule has 0 radical (unpaired) electrons. The summed E-state index contributed by atoms with van der Waals surface area (Å²) in [7, 11) is 1.85. The summed E-state index contributed by atoms with van der Waals surface area (Å²) in [5, 5.41) is 9.11. The van der Waals surface area contributed by atoms with E-state index in [1.807, 2.05) is 14.0 Å². The van der Waals surface area contributed by atoms with Gasteiger partial charge in [0.05, 0.1) is 10.7 Å². The lowest BCUT2D eigenvalue weighted by Crippen LogP contribution is -2.23. The first-order chi connectivity index (χ1) is 10.4. The van der Waals surface area contributed by atoms with Gasteiger partial charge < -0.3 is 4.52 Å². The summed E-state index contributed by atoms with van der Waals surface area (Å²) in [5.41, 5.74) is 2.59. The van der Waals surface area contributed by atoms with Gasteiger partial charge in [0.2, 0.25) is 0 Å². The minimum Gasteiger partial charge on any atom is -0.332 e. The number of hydrogen-bond acceptors (Lipinski definition) is 4. The minimum absolute atomic E-state index is 0.224. The molecule has 2 heterocycles. The van der Waals surface area contributed by atoms with E-state index in [1.165, 1.54) is 18.4 Å². The molecule has 0 unspecified atom stereocenters. The van der Waals surface area contributed by atoms with Crippen molar-refractivity contribution in [2.45, 2.75) is 51.9 Å². The second-order valence-corrected chi connectivity index (χ2v) is 6.77. The highest BCUT2D eigenvalue weighted by Crippen LogP contribution is 2.37. The smallest absolute Gasteiger partial charge is 0.280 e. The fraction of sp³-hybridized carbons (Fsp3) is 0.562. The summed E-state index contributed by atoms with van der Waals surface area (Å²) in [6.45, 7) is 6.20. The van der Waals surface area contributed by atoms with E-state index in [9.17, 15) is 0 Å². The number of hydrogen-bond donors (Lipinski definition) is 0. The van der Waals surface area contributed by atoms with Gasteiger partial charge in [-0.1, -0.05) is 28.4 Å². The maximum atomic E-state index is 6.30. The van der Waals surface area contributed by atoms with E-state index in [0.717, 1.165) is 18.5 Å². The van der Waals surface area contributed by atoms with E-state index in [0.29, 0.717) is 22.4 Å².